The Morgan fingerprint density at radius 1 is 1.45 bits per heavy atom. The lowest BCUT2D eigenvalue weighted by Gasteiger charge is -2.06. The molecule has 0 aromatic heterocycles. The van der Waals surface area contributed by atoms with Crippen molar-refractivity contribution in [1.29, 1.82) is 0 Å². The van der Waals surface area contributed by atoms with Gasteiger partial charge in [-0.1, -0.05) is 0 Å². The average molecular weight is 186 g/mol. The van der Waals surface area contributed by atoms with E-state index in [2.05, 4.69) is 4.18 Å². The lowest BCUT2D eigenvalue weighted by Crippen LogP contribution is -2.17. The summed E-state index contributed by atoms with van der Waals surface area (Å²) in [5.41, 5.74) is 0. The lowest BCUT2D eigenvalue weighted by atomic mass is 10.3. The van der Waals surface area contributed by atoms with Crippen molar-refractivity contribution in [2.75, 3.05) is 6.61 Å². The maximum atomic E-state index is 9.92. The Morgan fingerprint density at radius 3 is 2.36 bits per heavy atom. The maximum Gasteiger partial charge on any atom is 0.399 e. The smallest absolute Gasteiger partial charge is 0.396 e. The van der Waals surface area contributed by atoms with Crippen LogP contribution in [-0.4, -0.2) is 36.1 Å². The van der Waals surface area contributed by atoms with Gasteiger partial charge in [-0.3, -0.25) is 4.55 Å². The molecule has 6 nitrogen and oxygen atoms in total. The van der Waals surface area contributed by atoms with E-state index < -0.39 is 16.7 Å². The van der Waals surface area contributed by atoms with Crippen LogP contribution in [0, 0.1) is 0 Å². The van der Waals surface area contributed by atoms with Crippen molar-refractivity contribution in [2.45, 2.75) is 19.1 Å². The van der Waals surface area contributed by atoms with Gasteiger partial charge in [0.05, 0.1) is 0 Å². The number of rotatable bonds is 5. The molecule has 0 rings (SSSR count). The van der Waals surface area contributed by atoms with E-state index in [1.165, 1.54) is 0 Å². The molecule has 0 fully saturated rings. The zero-order valence-electron chi connectivity index (χ0n) is 5.67. The minimum Gasteiger partial charge on any atom is -0.396 e. The third kappa shape index (κ3) is 7.69. The molecule has 11 heavy (non-hydrogen) atoms. The van der Waals surface area contributed by atoms with Gasteiger partial charge in [0.15, 0.2) is 6.29 Å². The fourth-order valence-electron chi connectivity index (χ4n) is 0.454. The van der Waals surface area contributed by atoms with E-state index in [0.29, 0.717) is 0 Å². The Bertz CT molecular complexity index is 185. The van der Waals surface area contributed by atoms with Crippen LogP contribution in [0.3, 0.4) is 0 Å². The molecule has 0 aliphatic heterocycles. The molecule has 1 atom stereocenters. The number of hydrogen-bond donors (Lipinski definition) is 3. The summed E-state index contributed by atoms with van der Waals surface area (Å²) >= 11 is 0. The van der Waals surface area contributed by atoms with Crippen LogP contribution >= 0.6 is 0 Å². The lowest BCUT2D eigenvalue weighted by molar-refractivity contribution is -0.0288. The first-order valence-corrected chi connectivity index (χ1v) is 4.27. The Hall–Kier alpha value is -0.210. The average Bonchev–Trinajstić information content (AvgIpc) is 1.79. The predicted octanol–water partition coefficient (Wildman–Crippen LogP) is -1.10. The van der Waals surface area contributed by atoms with E-state index >= 15 is 0 Å². The van der Waals surface area contributed by atoms with E-state index in [0.717, 1.165) is 0 Å². The summed E-state index contributed by atoms with van der Waals surface area (Å²) in [6.45, 7) is -0.175. The molecule has 7 heteroatoms. The van der Waals surface area contributed by atoms with Crippen molar-refractivity contribution in [1.82, 2.24) is 0 Å². The number of hydrogen-bond acceptors (Lipinski definition) is 5. The fraction of sp³-hybridized carbons (Fsp3) is 1.00. The largest absolute Gasteiger partial charge is 0.399 e. The molecule has 68 valence electrons. The number of aliphatic hydroxyl groups excluding tert-OH is 2. The maximum absolute atomic E-state index is 9.92. The van der Waals surface area contributed by atoms with Crippen LogP contribution in [0.25, 0.3) is 0 Å². The summed E-state index contributed by atoms with van der Waals surface area (Å²) in [6.07, 6.45) is -1.43. The second-order valence-corrected chi connectivity index (χ2v) is 2.89. The van der Waals surface area contributed by atoms with Crippen molar-refractivity contribution < 1.29 is 27.4 Å². The van der Waals surface area contributed by atoms with Crippen molar-refractivity contribution in [3.63, 3.8) is 0 Å². The molecule has 0 amide bonds. The molecule has 0 aliphatic rings. The molecular formula is C4H10O6S. The van der Waals surface area contributed by atoms with Crippen LogP contribution in [-0.2, 0) is 14.6 Å². The SMILES string of the molecule is O=S(=O)(O)OC(O)CCCO. The minimum atomic E-state index is -4.59. The quantitative estimate of drug-likeness (QED) is 0.372. The fourth-order valence-corrected chi connectivity index (χ4v) is 0.831. The van der Waals surface area contributed by atoms with E-state index in [4.69, 9.17) is 14.8 Å². The minimum absolute atomic E-state index is 0.0453. The van der Waals surface area contributed by atoms with Gasteiger partial charge in [0, 0.05) is 13.0 Å². The van der Waals surface area contributed by atoms with Gasteiger partial charge < -0.3 is 10.2 Å². The highest BCUT2D eigenvalue weighted by molar-refractivity contribution is 7.80. The molecule has 0 aliphatic carbocycles. The van der Waals surface area contributed by atoms with Gasteiger partial charge in [0.25, 0.3) is 0 Å². The second-order valence-electron chi connectivity index (χ2n) is 1.84. The molecule has 0 aromatic carbocycles. The molecule has 0 bridgehead atoms. The van der Waals surface area contributed by atoms with Crippen molar-refractivity contribution in [3.05, 3.63) is 0 Å². The molecule has 0 aromatic rings. The summed E-state index contributed by atoms with van der Waals surface area (Å²) in [6, 6.07) is 0. The molecule has 1 unspecified atom stereocenters. The van der Waals surface area contributed by atoms with Crippen LogP contribution in [0.2, 0.25) is 0 Å². The third-order valence-corrected chi connectivity index (χ3v) is 1.31. The molecule has 0 saturated heterocycles. The normalized spacial score (nSPS) is 14.8. The van der Waals surface area contributed by atoms with Crippen LogP contribution in [0.5, 0.6) is 0 Å². The molecule has 0 spiro atoms. The summed E-state index contributed by atoms with van der Waals surface area (Å²) < 4.78 is 31.6. The Morgan fingerprint density at radius 2 is 2.00 bits per heavy atom. The van der Waals surface area contributed by atoms with Gasteiger partial charge in [0.1, 0.15) is 0 Å². The van der Waals surface area contributed by atoms with Crippen LogP contribution < -0.4 is 0 Å². The zero-order valence-corrected chi connectivity index (χ0v) is 6.49. The van der Waals surface area contributed by atoms with Crippen LogP contribution in [0.1, 0.15) is 12.8 Å². The van der Waals surface area contributed by atoms with Crippen molar-refractivity contribution in [2.24, 2.45) is 0 Å². The summed E-state index contributed by atoms with van der Waals surface area (Å²) in [4.78, 5) is 0. The van der Waals surface area contributed by atoms with E-state index in [1.807, 2.05) is 0 Å². The Kier molecular flexibility index (Phi) is 4.54. The monoisotopic (exact) mass is 186 g/mol. The highest BCUT2D eigenvalue weighted by Gasteiger charge is 2.12. The molecular weight excluding hydrogens is 176 g/mol. The van der Waals surface area contributed by atoms with Gasteiger partial charge in [0.2, 0.25) is 0 Å². The number of aliphatic hydroxyl groups is 2. The van der Waals surface area contributed by atoms with Crippen molar-refractivity contribution >= 4 is 10.4 Å². The van der Waals surface area contributed by atoms with E-state index in [9.17, 15) is 8.42 Å². The van der Waals surface area contributed by atoms with E-state index in [1.54, 1.807) is 0 Å². The molecule has 3 N–H and O–H groups in total. The first-order chi connectivity index (χ1) is 4.95. The van der Waals surface area contributed by atoms with Gasteiger partial charge in [-0.25, -0.2) is 4.18 Å². The van der Waals surface area contributed by atoms with Gasteiger partial charge >= 0.3 is 10.4 Å². The van der Waals surface area contributed by atoms with Gasteiger partial charge in [-0.2, -0.15) is 8.42 Å². The molecule has 0 radical (unpaired) electrons. The third-order valence-electron chi connectivity index (χ3n) is 0.842. The van der Waals surface area contributed by atoms with Crippen LogP contribution in [0.4, 0.5) is 0 Å². The van der Waals surface area contributed by atoms with Crippen LogP contribution in [0.15, 0.2) is 0 Å². The summed E-state index contributed by atoms with van der Waals surface area (Å²) in [5, 5.41) is 16.9. The predicted molar refractivity (Wildman–Crippen MR) is 35.0 cm³/mol. The van der Waals surface area contributed by atoms with Gasteiger partial charge in [-0.05, 0) is 6.42 Å². The topological polar surface area (TPSA) is 104 Å². The molecule has 0 heterocycles. The Labute approximate surface area is 64.4 Å². The summed E-state index contributed by atoms with van der Waals surface area (Å²) in [7, 11) is -4.59. The van der Waals surface area contributed by atoms with E-state index in [-0.39, 0.29) is 19.4 Å². The first kappa shape index (κ1) is 10.8. The second kappa shape index (κ2) is 4.62. The molecule has 0 saturated carbocycles. The first-order valence-electron chi connectivity index (χ1n) is 2.90. The van der Waals surface area contributed by atoms with Gasteiger partial charge in [-0.15, -0.1) is 0 Å². The highest BCUT2D eigenvalue weighted by atomic mass is 32.3. The highest BCUT2D eigenvalue weighted by Crippen LogP contribution is 2.01. The Balaban J connectivity index is 3.61. The van der Waals surface area contributed by atoms with Crippen molar-refractivity contribution in [3.8, 4) is 0 Å². The standard InChI is InChI=1S/C4H10O6S/c5-3-1-2-4(6)10-11(7,8)9/h4-6H,1-3H2,(H,7,8,9). The summed E-state index contributed by atoms with van der Waals surface area (Å²) in [5.74, 6) is 0. The zero-order chi connectivity index (χ0) is 8.91.